The number of rotatable bonds is 3. The van der Waals surface area contributed by atoms with E-state index in [9.17, 15) is 4.79 Å². The van der Waals surface area contributed by atoms with Crippen LogP contribution in [-0.2, 0) is 0 Å². The first-order chi connectivity index (χ1) is 12.6. The average Bonchev–Trinajstić information content (AvgIpc) is 3.02. The van der Waals surface area contributed by atoms with E-state index in [1.165, 1.54) is 11.3 Å². The van der Waals surface area contributed by atoms with Gasteiger partial charge in [-0.05, 0) is 51.0 Å². The Bertz CT molecular complexity index is 1160. The van der Waals surface area contributed by atoms with Gasteiger partial charge in [-0.3, -0.25) is 10.1 Å². The summed E-state index contributed by atoms with van der Waals surface area (Å²) in [6, 6.07) is 15.1. The van der Waals surface area contributed by atoms with E-state index in [1.54, 1.807) is 13.2 Å². The summed E-state index contributed by atoms with van der Waals surface area (Å²) in [6.45, 7) is 0. The highest BCUT2D eigenvalue weighted by atomic mass is 79.9. The number of hydrogen-bond donors (Lipinski definition) is 1. The van der Waals surface area contributed by atoms with E-state index in [-0.39, 0.29) is 5.91 Å². The minimum Gasteiger partial charge on any atom is -0.495 e. The number of methoxy groups -OCH3 is 1. The highest BCUT2D eigenvalue weighted by molar-refractivity contribution is 9.10. The van der Waals surface area contributed by atoms with Gasteiger partial charge in [-0.25, -0.2) is 4.98 Å². The number of carbonyl (C=O) groups excluding carboxylic acids is 1. The van der Waals surface area contributed by atoms with Crippen molar-refractivity contribution in [2.75, 3.05) is 12.4 Å². The molecule has 0 fully saturated rings. The first kappa shape index (κ1) is 17.3. The number of aromatic nitrogens is 1. The first-order valence-corrected chi connectivity index (χ1v) is 9.68. The van der Waals surface area contributed by atoms with Crippen LogP contribution < -0.4 is 10.1 Å². The zero-order valence-electron chi connectivity index (χ0n) is 13.5. The van der Waals surface area contributed by atoms with Crippen molar-refractivity contribution in [2.24, 2.45) is 0 Å². The second-order valence-electron chi connectivity index (χ2n) is 5.58. The van der Waals surface area contributed by atoms with Crippen LogP contribution in [0.3, 0.4) is 0 Å². The minimum absolute atomic E-state index is 0.279. The fourth-order valence-corrected chi connectivity index (χ4v) is 4.64. The van der Waals surface area contributed by atoms with Crippen molar-refractivity contribution in [3.63, 3.8) is 0 Å². The predicted molar refractivity (Wildman–Crippen MR) is 111 cm³/mol. The van der Waals surface area contributed by atoms with E-state index in [4.69, 9.17) is 16.3 Å². The third kappa shape index (κ3) is 3.05. The molecule has 0 unspecified atom stereocenters. The van der Waals surface area contributed by atoms with Crippen LogP contribution in [0.5, 0.6) is 5.75 Å². The van der Waals surface area contributed by atoms with Gasteiger partial charge < -0.3 is 4.74 Å². The Morgan fingerprint density at radius 2 is 2.04 bits per heavy atom. The first-order valence-electron chi connectivity index (χ1n) is 7.69. The van der Waals surface area contributed by atoms with E-state index in [0.29, 0.717) is 21.5 Å². The summed E-state index contributed by atoms with van der Waals surface area (Å²) in [5.41, 5.74) is 1.23. The van der Waals surface area contributed by atoms with Crippen LogP contribution in [0.25, 0.3) is 21.0 Å². The molecule has 7 heteroatoms. The SMILES string of the molecule is COc1c(C(=O)Nc2nc3ccc(Cl)cc3s2)cc2ccccc2c1Br. The number of carbonyl (C=O) groups is 1. The zero-order chi connectivity index (χ0) is 18.3. The van der Waals surface area contributed by atoms with E-state index in [2.05, 4.69) is 26.2 Å². The molecule has 130 valence electrons. The Hall–Kier alpha value is -2.15. The predicted octanol–water partition coefficient (Wildman–Crippen LogP) is 6.13. The number of amides is 1. The lowest BCUT2D eigenvalue weighted by atomic mass is 10.1. The summed E-state index contributed by atoms with van der Waals surface area (Å²) in [5, 5.41) is 5.94. The Balaban J connectivity index is 1.75. The molecule has 26 heavy (non-hydrogen) atoms. The fraction of sp³-hybridized carbons (Fsp3) is 0.0526. The standard InChI is InChI=1S/C19H12BrClN2O2S/c1-25-17-13(8-10-4-2-3-5-12(10)16(17)20)18(24)23-19-22-14-7-6-11(21)9-15(14)26-19/h2-9H,1H3,(H,22,23,24). The molecule has 0 saturated carbocycles. The summed E-state index contributed by atoms with van der Waals surface area (Å²) < 4.78 is 7.14. The smallest absolute Gasteiger partial charge is 0.261 e. The number of halogens is 2. The van der Waals surface area contributed by atoms with Crippen LogP contribution in [-0.4, -0.2) is 18.0 Å². The second kappa shape index (κ2) is 6.87. The Labute approximate surface area is 166 Å². The van der Waals surface area contributed by atoms with Crippen LogP contribution in [0.1, 0.15) is 10.4 Å². The molecule has 4 rings (SSSR count). The highest BCUT2D eigenvalue weighted by Crippen LogP contribution is 2.37. The Morgan fingerprint density at radius 1 is 1.23 bits per heavy atom. The molecular weight excluding hydrogens is 436 g/mol. The van der Waals surface area contributed by atoms with Gasteiger partial charge in [0.05, 0.1) is 27.4 Å². The van der Waals surface area contributed by atoms with Crippen molar-refractivity contribution >= 4 is 70.9 Å². The molecule has 1 heterocycles. The molecule has 0 aliphatic rings. The van der Waals surface area contributed by atoms with Gasteiger partial charge in [-0.15, -0.1) is 0 Å². The lowest BCUT2D eigenvalue weighted by Gasteiger charge is -2.12. The van der Waals surface area contributed by atoms with Gasteiger partial charge in [0.2, 0.25) is 0 Å². The molecule has 4 nitrogen and oxygen atoms in total. The average molecular weight is 448 g/mol. The van der Waals surface area contributed by atoms with Crippen LogP contribution in [0, 0.1) is 0 Å². The molecular formula is C19H12BrClN2O2S. The molecule has 0 saturated heterocycles. The van der Waals surface area contributed by atoms with Gasteiger partial charge in [0.25, 0.3) is 5.91 Å². The largest absolute Gasteiger partial charge is 0.495 e. The normalized spacial score (nSPS) is 11.0. The Morgan fingerprint density at radius 3 is 2.85 bits per heavy atom. The summed E-state index contributed by atoms with van der Waals surface area (Å²) in [5.74, 6) is 0.212. The fourth-order valence-electron chi connectivity index (χ4n) is 2.77. The lowest BCUT2D eigenvalue weighted by Crippen LogP contribution is -2.13. The van der Waals surface area contributed by atoms with Crippen molar-refractivity contribution < 1.29 is 9.53 Å². The van der Waals surface area contributed by atoms with Crippen LogP contribution >= 0.6 is 38.9 Å². The third-order valence-electron chi connectivity index (χ3n) is 3.96. The molecule has 0 bridgehead atoms. The van der Waals surface area contributed by atoms with Gasteiger partial charge in [0, 0.05) is 5.02 Å². The van der Waals surface area contributed by atoms with Crippen LogP contribution in [0.2, 0.25) is 5.02 Å². The van der Waals surface area contributed by atoms with Crippen LogP contribution in [0.15, 0.2) is 53.0 Å². The maximum Gasteiger partial charge on any atom is 0.261 e. The lowest BCUT2D eigenvalue weighted by molar-refractivity contribution is 0.102. The van der Waals surface area contributed by atoms with Crippen molar-refractivity contribution in [2.45, 2.75) is 0 Å². The minimum atomic E-state index is -0.279. The molecule has 0 aliphatic heterocycles. The number of fused-ring (bicyclic) bond motifs is 2. The van der Waals surface area contributed by atoms with E-state index < -0.39 is 0 Å². The quantitative estimate of drug-likeness (QED) is 0.411. The van der Waals surface area contributed by atoms with Crippen molar-refractivity contribution in [1.29, 1.82) is 0 Å². The number of benzene rings is 3. The topological polar surface area (TPSA) is 51.2 Å². The summed E-state index contributed by atoms with van der Waals surface area (Å²) in [7, 11) is 1.55. The number of nitrogens with zero attached hydrogens (tertiary/aromatic N) is 1. The highest BCUT2D eigenvalue weighted by Gasteiger charge is 2.19. The summed E-state index contributed by atoms with van der Waals surface area (Å²) in [6.07, 6.45) is 0. The molecule has 0 atom stereocenters. The molecule has 1 N–H and O–H groups in total. The summed E-state index contributed by atoms with van der Waals surface area (Å²) >= 11 is 10.9. The second-order valence-corrected chi connectivity index (χ2v) is 7.84. The van der Waals surface area contributed by atoms with Gasteiger partial charge in [-0.1, -0.05) is 47.2 Å². The van der Waals surface area contributed by atoms with Gasteiger partial charge in [0.1, 0.15) is 5.75 Å². The Kier molecular flexibility index (Phi) is 4.56. The maximum absolute atomic E-state index is 12.9. The maximum atomic E-state index is 12.9. The van der Waals surface area contributed by atoms with Gasteiger partial charge >= 0.3 is 0 Å². The third-order valence-corrected chi connectivity index (χ3v) is 5.92. The van der Waals surface area contributed by atoms with E-state index in [1.807, 2.05) is 42.5 Å². The van der Waals surface area contributed by atoms with Crippen molar-refractivity contribution in [1.82, 2.24) is 4.98 Å². The number of thiazole rings is 1. The zero-order valence-corrected chi connectivity index (χ0v) is 16.7. The molecule has 1 aromatic heterocycles. The van der Waals surface area contributed by atoms with Gasteiger partial charge in [0.15, 0.2) is 5.13 Å². The van der Waals surface area contributed by atoms with E-state index >= 15 is 0 Å². The molecule has 0 spiro atoms. The number of nitrogens with one attached hydrogen (secondary N) is 1. The molecule has 1 amide bonds. The number of hydrogen-bond acceptors (Lipinski definition) is 4. The van der Waals surface area contributed by atoms with Crippen molar-refractivity contribution in [3.8, 4) is 5.75 Å². The molecule has 3 aromatic carbocycles. The van der Waals surface area contributed by atoms with Gasteiger partial charge in [-0.2, -0.15) is 0 Å². The monoisotopic (exact) mass is 446 g/mol. The van der Waals surface area contributed by atoms with E-state index in [0.717, 1.165) is 25.5 Å². The molecule has 0 radical (unpaired) electrons. The molecule has 0 aliphatic carbocycles. The van der Waals surface area contributed by atoms with Crippen molar-refractivity contribution in [3.05, 3.63) is 63.6 Å². The number of anilines is 1. The number of ether oxygens (including phenoxy) is 1. The molecule has 4 aromatic rings. The summed E-state index contributed by atoms with van der Waals surface area (Å²) in [4.78, 5) is 17.3. The van der Waals surface area contributed by atoms with Crippen LogP contribution in [0.4, 0.5) is 5.13 Å².